The Morgan fingerprint density at radius 2 is 1.80 bits per heavy atom. The number of esters is 1. The van der Waals surface area contributed by atoms with E-state index in [2.05, 4.69) is 5.32 Å². The molecule has 1 aromatic heterocycles. The average Bonchev–Trinajstić information content (AvgIpc) is 3.30. The van der Waals surface area contributed by atoms with Gasteiger partial charge in [0.15, 0.2) is 18.1 Å². The average molecular weight is 434 g/mol. The van der Waals surface area contributed by atoms with E-state index in [0.717, 1.165) is 29.7 Å². The lowest BCUT2D eigenvalue weighted by Crippen LogP contribution is -2.23. The van der Waals surface area contributed by atoms with Crippen LogP contribution in [0.3, 0.4) is 0 Å². The van der Waals surface area contributed by atoms with Crippen LogP contribution in [0, 0.1) is 0 Å². The maximum atomic E-state index is 12.5. The van der Waals surface area contributed by atoms with Gasteiger partial charge < -0.3 is 30.0 Å². The Bertz CT molecular complexity index is 1000. The first-order valence-corrected chi connectivity index (χ1v) is 9.93. The molecule has 0 radical (unpaired) electrons. The first-order chi connectivity index (χ1) is 14.4. The van der Waals surface area contributed by atoms with Gasteiger partial charge in [-0.2, -0.15) is 0 Å². The maximum Gasteiger partial charge on any atom is 0.342 e. The molecule has 0 atom stereocenters. The third-order valence-corrected chi connectivity index (χ3v) is 5.89. The second-order valence-electron chi connectivity index (χ2n) is 6.43. The standard InChI is InChI=1S/C20H22N2O7S/c1-26-12-8-7-11(16(27-2)17(12)28-3)20(25)29-9-14(23)22-19-15(18(21)24)10-5-4-6-13(10)30-19/h7-8H,4-6,9H2,1-3H3,(H2,21,24)(H,22,23). The first-order valence-electron chi connectivity index (χ1n) is 9.11. The number of nitrogens with one attached hydrogen (secondary N) is 1. The number of carbonyl (C=O) groups excluding carboxylic acids is 3. The summed E-state index contributed by atoms with van der Waals surface area (Å²) in [4.78, 5) is 37.7. The van der Waals surface area contributed by atoms with E-state index in [1.807, 2.05) is 0 Å². The lowest BCUT2D eigenvalue weighted by atomic mass is 10.1. The molecule has 0 fully saturated rings. The van der Waals surface area contributed by atoms with Gasteiger partial charge in [0.25, 0.3) is 11.8 Å². The molecule has 10 heteroatoms. The highest BCUT2D eigenvalue weighted by Gasteiger charge is 2.27. The minimum atomic E-state index is -0.772. The topological polar surface area (TPSA) is 126 Å². The van der Waals surface area contributed by atoms with Gasteiger partial charge in [-0.1, -0.05) is 0 Å². The van der Waals surface area contributed by atoms with Crippen molar-refractivity contribution in [1.29, 1.82) is 0 Å². The van der Waals surface area contributed by atoms with Gasteiger partial charge in [0, 0.05) is 4.88 Å². The van der Waals surface area contributed by atoms with Crippen molar-refractivity contribution in [1.82, 2.24) is 0 Å². The van der Waals surface area contributed by atoms with E-state index in [9.17, 15) is 14.4 Å². The largest absolute Gasteiger partial charge is 0.493 e. The Balaban J connectivity index is 1.70. The zero-order valence-electron chi connectivity index (χ0n) is 16.8. The normalized spacial score (nSPS) is 12.1. The molecule has 1 aliphatic rings. The van der Waals surface area contributed by atoms with Gasteiger partial charge in [0.1, 0.15) is 10.6 Å². The van der Waals surface area contributed by atoms with Gasteiger partial charge >= 0.3 is 5.97 Å². The van der Waals surface area contributed by atoms with Gasteiger partial charge in [-0.05, 0) is 37.0 Å². The quantitative estimate of drug-likeness (QED) is 0.610. The molecule has 2 amide bonds. The van der Waals surface area contributed by atoms with Crippen LogP contribution in [-0.2, 0) is 22.4 Å². The number of anilines is 1. The van der Waals surface area contributed by atoms with Gasteiger partial charge in [0.2, 0.25) is 5.75 Å². The summed E-state index contributed by atoms with van der Waals surface area (Å²) in [5.74, 6) is -1.19. The fourth-order valence-corrected chi connectivity index (χ4v) is 4.70. The van der Waals surface area contributed by atoms with Gasteiger partial charge in [-0.25, -0.2) is 4.79 Å². The summed E-state index contributed by atoms with van der Waals surface area (Å²) in [6, 6.07) is 2.99. The Hall–Kier alpha value is -3.27. The molecule has 1 aromatic carbocycles. The summed E-state index contributed by atoms with van der Waals surface area (Å²) in [5, 5.41) is 3.01. The molecule has 1 aliphatic carbocycles. The molecule has 3 N–H and O–H groups in total. The molecule has 1 heterocycles. The van der Waals surface area contributed by atoms with Crippen LogP contribution in [0.2, 0.25) is 0 Å². The van der Waals surface area contributed by atoms with Crippen molar-refractivity contribution in [2.24, 2.45) is 5.73 Å². The molecule has 0 unspecified atom stereocenters. The molecule has 3 rings (SSSR count). The number of methoxy groups -OCH3 is 3. The smallest absolute Gasteiger partial charge is 0.342 e. The van der Waals surface area contributed by atoms with Crippen molar-refractivity contribution in [3.63, 3.8) is 0 Å². The highest BCUT2D eigenvalue weighted by molar-refractivity contribution is 7.17. The summed E-state index contributed by atoms with van der Waals surface area (Å²) >= 11 is 1.33. The summed E-state index contributed by atoms with van der Waals surface area (Å²) < 4.78 is 20.8. The Morgan fingerprint density at radius 1 is 1.07 bits per heavy atom. The van der Waals surface area contributed by atoms with Crippen LogP contribution in [0.1, 0.15) is 37.6 Å². The van der Waals surface area contributed by atoms with E-state index in [1.54, 1.807) is 0 Å². The minimum Gasteiger partial charge on any atom is -0.493 e. The molecule has 9 nitrogen and oxygen atoms in total. The second-order valence-corrected chi connectivity index (χ2v) is 7.54. The van der Waals surface area contributed by atoms with E-state index in [0.29, 0.717) is 16.3 Å². The number of rotatable bonds is 8. The van der Waals surface area contributed by atoms with Crippen molar-refractivity contribution in [2.45, 2.75) is 19.3 Å². The third-order valence-electron chi connectivity index (χ3n) is 4.68. The number of primary amides is 1. The molecular formula is C20H22N2O7S. The molecule has 30 heavy (non-hydrogen) atoms. The molecule has 2 aromatic rings. The zero-order valence-corrected chi connectivity index (χ0v) is 17.6. The number of aryl methyl sites for hydroxylation is 1. The van der Waals surface area contributed by atoms with Gasteiger partial charge in [0.05, 0.1) is 26.9 Å². The van der Waals surface area contributed by atoms with Crippen molar-refractivity contribution >= 4 is 34.1 Å². The first kappa shape index (κ1) is 21.4. The maximum absolute atomic E-state index is 12.5. The van der Waals surface area contributed by atoms with Crippen LogP contribution in [0.25, 0.3) is 0 Å². The predicted octanol–water partition coefficient (Wildman–Crippen LogP) is 2.16. The number of hydrogen-bond acceptors (Lipinski definition) is 8. The molecule has 0 aliphatic heterocycles. The van der Waals surface area contributed by atoms with E-state index >= 15 is 0 Å². The van der Waals surface area contributed by atoms with E-state index in [1.165, 1.54) is 44.8 Å². The van der Waals surface area contributed by atoms with Gasteiger partial charge in [-0.15, -0.1) is 11.3 Å². The number of amides is 2. The molecule has 160 valence electrons. The monoisotopic (exact) mass is 434 g/mol. The molecule has 0 bridgehead atoms. The van der Waals surface area contributed by atoms with Crippen molar-refractivity contribution in [3.8, 4) is 17.2 Å². The summed E-state index contributed by atoms with van der Waals surface area (Å²) in [5.41, 5.74) is 6.80. The highest BCUT2D eigenvalue weighted by Crippen LogP contribution is 2.40. The van der Waals surface area contributed by atoms with Crippen LogP contribution < -0.4 is 25.3 Å². The van der Waals surface area contributed by atoms with E-state index < -0.39 is 24.4 Å². The minimum absolute atomic E-state index is 0.0795. The van der Waals surface area contributed by atoms with Crippen LogP contribution in [-0.4, -0.2) is 45.7 Å². The zero-order chi connectivity index (χ0) is 21.8. The fourth-order valence-electron chi connectivity index (χ4n) is 3.39. The Morgan fingerprint density at radius 3 is 2.43 bits per heavy atom. The van der Waals surface area contributed by atoms with Crippen LogP contribution in [0.15, 0.2) is 12.1 Å². The fraction of sp³-hybridized carbons (Fsp3) is 0.350. The number of nitrogens with two attached hydrogens (primary N) is 1. The van der Waals surface area contributed by atoms with E-state index in [-0.39, 0.29) is 17.1 Å². The molecule has 0 saturated heterocycles. The number of thiophene rings is 1. The van der Waals surface area contributed by atoms with Crippen molar-refractivity contribution in [3.05, 3.63) is 33.7 Å². The van der Waals surface area contributed by atoms with E-state index in [4.69, 9.17) is 24.7 Å². The van der Waals surface area contributed by atoms with Crippen LogP contribution in [0.4, 0.5) is 5.00 Å². The summed E-state index contributed by atoms with van der Waals surface area (Å²) in [6.45, 7) is -0.545. The van der Waals surface area contributed by atoms with Crippen molar-refractivity contribution < 1.29 is 33.3 Å². The van der Waals surface area contributed by atoms with Crippen molar-refractivity contribution in [2.75, 3.05) is 33.3 Å². The predicted molar refractivity (Wildman–Crippen MR) is 110 cm³/mol. The van der Waals surface area contributed by atoms with Gasteiger partial charge in [-0.3, -0.25) is 9.59 Å². The van der Waals surface area contributed by atoms with Crippen LogP contribution in [0.5, 0.6) is 17.2 Å². The number of fused-ring (bicyclic) bond motifs is 1. The lowest BCUT2D eigenvalue weighted by Gasteiger charge is -2.15. The molecule has 0 spiro atoms. The second kappa shape index (κ2) is 9.04. The van der Waals surface area contributed by atoms with Crippen LogP contribution >= 0.6 is 11.3 Å². The molecular weight excluding hydrogens is 412 g/mol. The number of benzene rings is 1. The highest BCUT2D eigenvalue weighted by atomic mass is 32.1. The SMILES string of the molecule is COc1ccc(C(=O)OCC(=O)Nc2sc3c(c2C(N)=O)CCC3)c(OC)c1OC. The Kier molecular flexibility index (Phi) is 6.46. The summed E-state index contributed by atoms with van der Waals surface area (Å²) in [6.07, 6.45) is 2.57. The number of ether oxygens (including phenoxy) is 4. The Labute approximate surface area is 177 Å². The summed E-state index contributed by atoms with van der Waals surface area (Å²) in [7, 11) is 4.25. The number of carbonyl (C=O) groups is 3. The number of hydrogen-bond donors (Lipinski definition) is 2. The lowest BCUT2D eigenvalue weighted by molar-refractivity contribution is -0.119. The molecule has 0 saturated carbocycles. The third kappa shape index (κ3) is 4.04.